The van der Waals surface area contributed by atoms with E-state index in [0.717, 1.165) is 82.4 Å². The van der Waals surface area contributed by atoms with Gasteiger partial charge < -0.3 is 58.3 Å². The third kappa shape index (κ3) is 11.6. The van der Waals surface area contributed by atoms with Crippen LogP contribution in [-0.2, 0) is 19.5 Å². The van der Waals surface area contributed by atoms with Crippen LogP contribution in [0.3, 0.4) is 0 Å². The molecule has 0 saturated heterocycles. The van der Waals surface area contributed by atoms with Crippen LogP contribution in [0.4, 0.5) is 0 Å². The van der Waals surface area contributed by atoms with E-state index >= 15 is 0 Å². The molecule has 15 heteroatoms. The zero-order chi connectivity index (χ0) is 50.0. The Bertz CT molecular complexity index is 3290. The molecule has 7 aromatic rings. The summed E-state index contributed by atoms with van der Waals surface area (Å²) in [5.74, 6) is 7.94. The van der Waals surface area contributed by atoms with Crippen LogP contribution >= 0.6 is 0 Å². The molecule has 14 nitrogen and oxygen atoms in total. The molecule has 2 aliphatic heterocycles. The quantitative estimate of drug-likeness (QED) is 0.0319. The Hall–Kier alpha value is -6.78. The standard InChI is InChI=1S/C58H64N8O6.Zn/c1-8-15-23-67-45-30-39-40(31-46(45)68-24-16-9-2)55-62-53(39)60-51-37-22-21-36(14-7)29-38(37)52(59-51)61-54-41-32-47(69-25-17-10-3)48(70-26-18-11-4)33-42(41)56(63-54)65-58-44-35-50(72-28-20-13-6)49(71-27-19-12-5)34-43(44)57(64-55)66-58;/h7,21-22,29-35H,8-13,15-20,23-28H2,1-6H3;/q-2;+2. The molecule has 0 amide bonds. The predicted octanol–water partition coefficient (Wildman–Crippen LogP) is 13.2. The third-order valence-corrected chi connectivity index (χ3v) is 12.6. The van der Waals surface area contributed by atoms with Gasteiger partial charge in [-0.25, -0.2) is 9.97 Å². The molecule has 3 aromatic heterocycles. The number of hydrogen-bond acceptors (Lipinski definition) is 12. The molecule has 9 rings (SSSR count). The van der Waals surface area contributed by atoms with E-state index in [0.29, 0.717) is 164 Å². The third-order valence-electron chi connectivity index (χ3n) is 12.6. The zero-order valence-corrected chi connectivity index (χ0v) is 46.2. The maximum absolute atomic E-state index is 6.46. The van der Waals surface area contributed by atoms with Crippen molar-refractivity contribution in [2.75, 3.05) is 39.6 Å². The Morgan fingerprint density at radius 3 is 0.932 bits per heavy atom. The van der Waals surface area contributed by atoms with E-state index < -0.39 is 0 Å². The first-order chi connectivity index (χ1) is 35.4. The van der Waals surface area contributed by atoms with Crippen molar-refractivity contribution in [2.24, 2.45) is 0 Å². The Kier molecular flexibility index (Phi) is 17.8. The molecule has 0 radical (unpaired) electrons. The summed E-state index contributed by atoms with van der Waals surface area (Å²) in [6.07, 6.45) is 17.1. The molecular weight excluding hydrogens is 970 g/mol. The van der Waals surface area contributed by atoms with E-state index in [9.17, 15) is 0 Å². The molecule has 8 bridgehead atoms. The first-order valence-corrected chi connectivity index (χ1v) is 26.0. The molecule has 0 aliphatic carbocycles. The minimum absolute atomic E-state index is 0. The van der Waals surface area contributed by atoms with E-state index in [1.807, 2.05) is 54.6 Å². The summed E-state index contributed by atoms with van der Waals surface area (Å²) in [5.41, 5.74) is 5.04. The van der Waals surface area contributed by atoms with Gasteiger partial charge in [-0.15, -0.1) is 6.42 Å². The summed E-state index contributed by atoms with van der Waals surface area (Å²) in [7, 11) is 0. The second kappa shape index (κ2) is 24.8. The van der Waals surface area contributed by atoms with Crippen molar-refractivity contribution in [1.82, 2.24) is 39.9 Å². The van der Waals surface area contributed by atoms with Crippen LogP contribution in [0.5, 0.6) is 34.5 Å². The van der Waals surface area contributed by atoms with Crippen LogP contribution in [0.2, 0.25) is 0 Å². The van der Waals surface area contributed by atoms with Crippen molar-refractivity contribution in [3.05, 3.63) is 60.2 Å². The van der Waals surface area contributed by atoms with Crippen molar-refractivity contribution in [3.63, 3.8) is 0 Å². The van der Waals surface area contributed by atoms with E-state index in [4.69, 9.17) is 74.7 Å². The summed E-state index contributed by atoms with van der Waals surface area (Å²) in [5, 5.41) is 2.85. The average molecular weight is 1030 g/mol. The second-order valence-electron chi connectivity index (χ2n) is 18.1. The molecule has 73 heavy (non-hydrogen) atoms. The Morgan fingerprint density at radius 2 is 0.644 bits per heavy atom. The molecule has 5 heterocycles. The molecule has 0 saturated carbocycles. The summed E-state index contributed by atoms with van der Waals surface area (Å²) >= 11 is 0. The summed E-state index contributed by atoms with van der Waals surface area (Å²) in [4.78, 5) is 41.8. The van der Waals surface area contributed by atoms with Gasteiger partial charge in [0.2, 0.25) is 0 Å². The number of hydrogen-bond donors (Lipinski definition) is 0. The average Bonchev–Trinajstić information content (AvgIpc) is 4.11. The predicted molar refractivity (Wildman–Crippen MR) is 284 cm³/mol. The fourth-order valence-electron chi connectivity index (χ4n) is 8.41. The molecule has 0 unspecified atom stereocenters. The van der Waals surface area contributed by atoms with Gasteiger partial charge in [0.15, 0.2) is 34.5 Å². The van der Waals surface area contributed by atoms with Crippen LogP contribution in [0.25, 0.3) is 89.7 Å². The first kappa shape index (κ1) is 52.5. The minimum Gasteiger partial charge on any atom is -0.490 e. The number of unbranched alkanes of at least 4 members (excludes halogenated alkanes) is 6. The molecular formula is C58H64N8O6Zn. The molecule has 0 fully saturated rings. The molecule has 2 aliphatic rings. The SMILES string of the molecule is C#Cc1ccc2c3nc4nc(nc5[n-]c(nc6nc(nc([n-]3)c2c1)-c1cc(OCCCC)c(OCCCC)cc1-6)c1cc(OCCCC)c(OCCCC)cc51)-c1cc(OCCCC)c(OCCCC)cc1-4.[Zn+2]. The Morgan fingerprint density at radius 1 is 0.370 bits per heavy atom. The number of fused-ring (bicyclic) bond motifs is 20. The molecule has 0 atom stereocenters. The minimum atomic E-state index is 0. The van der Waals surface area contributed by atoms with Crippen molar-refractivity contribution >= 4 is 44.1 Å². The number of ether oxygens (including phenoxy) is 6. The molecule has 374 valence electrons. The van der Waals surface area contributed by atoms with Gasteiger partial charge in [-0.1, -0.05) is 92.1 Å². The van der Waals surface area contributed by atoms with Crippen molar-refractivity contribution in [2.45, 2.75) is 119 Å². The maximum Gasteiger partial charge on any atom is 2.00 e. The molecule has 0 N–H and O–H groups in total. The van der Waals surface area contributed by atoms with Gasteiger partial charge in [-0.05, 0) is 109 Å². The Labute approximate surface area is 440 Å². The van der Waals surface area contributed by atoms with Crippen LogP contribution in [-0.4, -0.2) is 69.5 Å². The van der Waals surface area contributed by atoms with Crippen LogP contribution in [0.15, 0.2) is 54.6 Å². The summed E-state index contributed by atoms with van der Waals surface area (Å²) < 4.78 is 38.7. The van der Waals surface area contributed by atoms with Gasteiger partial charge in [0.25, 0.3) is 0 Å². The largest absolute Gasteiger partial charge is 2.00 e. The van der Waals surface area contributed by atoms with Crippen LogP contribution in [0, 0.1) is 12.3 Å². The van der Waals surface area contributed by atoms with Crippen molar-refractivity contribution < 1.29 is 47.9 Å². The fraction of sp³-hybridized carbons (Fsp3) is 0.414. The number of terminal acetylenes is 1. The topological polar surface area (TPSA) is 161 Å². The van der Waals surface area contributed by atoms with Gasteiger partial charge in [-0.3, -0.25) is 0 Å². The first-order valence-electron chi connectivity index (χ1n) is 26.0. The van der Waals surface area contributed by atoms with Gasteiger partial charge in [0.1, 0.15) is 0 Å². The Balaban J connectivity index is 0.00000711. The zero-order valence-electron chi connectivity index (χ0n) is 43.2. The van der Waals surface area contributed by atoms with Gasteiger partial charge >= 0.3 is 19.5 Å². The van der Waals surface area contributed by atoms with E-state index in [1.54, 1.807) is 0 Å². The fourth-order valence-corrected chi connectivity index (χ4v) is 8.41. The summed E-state index contributed by atoms with van der Waals surface area (Å²) in [6.45, 7) is 16.0. The van der Waals surface area contributed by atoms with E-state index in [2.05, 4.69) is 47.5 Å². The maximum atomic E-state index is 6.46. The van der Waals surface area contributed by atoms with Crippen molar-refractivity contribution in [1.29, 1.82) is 0 Å². The van der Waals surface area contributed by atoms with Gasteiger partial charge in [0, 0.05) is 50.4 Å². The number of benzene rings is 4. The number of rotatable bonds is 24. The smallest absolute Gasteiger partial charge is 0.490 e. The molecule has 4 aromatic carbocycles. The van der Waals surface area contributed by atoms with Crippen LogP contribution < -0.4 is 38.4 Å². The normalized spacial score (nSPS) is 11.5. The molecule has 0 spiro atoms. The van der Waals surface area contributed by atoms with Gasteiger partial charge in [0.05, 0.1) is 62.9 Å². The van der Waals surface area contributed by atoms with Crippen molar-refractivity contribution in [3.8, 4) is 92.4 Å². The van der Waals surface area contributed by atoms with Crippen LogP contribution in [0.1, 0.15) is 124 Å². The second-order valence-corrected chi connectivity index (χ2v) is 18.1. The number of nitrogens with zero attached hydrogens (tertiary/aromatic N) is 8. The van der Waals surface area contributed by atoms with E-state index in [1.165, 1.54) is 0 Å². The summed E-state index contributed by atoms with van der Waals surface area (Å²) in [6, 6.07) is 17.5. The van der Waals surface area contributed by atoms with E-state index in [-0.39, 0.29) is 19.5 Å². The van der Waals surface area contributed by atoms with Gasteiger partial charge in [-0.2, -0.15) is 0 Å². The number of aromatic nitrogens is 8. The monoisotopic (exact) mass is 1030 g/mol.